The third-order valence-corrected chi connectivity index (χ3v) is 7.37. The van der Waals surface area contributed by atoms with Crippen molar-refractivity contribution in [2.75, 3.05) is 33.0 Å². The largest absolute Gasteiger partial charge is 0.488 e. The van der Waals surface area contributed by atoms with Gasteiger partial charge in [-0.3, -0.25) is 9.59 Å². The Bertz CT molecular complexity index is 1260. The summed E-state index contributed by atoms with van der Waals surface area (Å²) in [6.45, 7) is 3.10. The van der Waals surface area contributed by atoms with Crippen molar-refractivity contribution < 1.29 is 28.2 Å². The van der Waals surface area contributed by atoms with Gasteiger partial charge in [0.2, 0.25) is 12.7 Å². The van der Waals surface area contributed by atoms with Gasteiger partial charge in [0.1, 0.15) is 13.2 Å². The number of amides is 2. The molecular formula is C27H27FN2O5S. The summed E-state index contributed by atoms with van der Waals surface area (Å²) in [5.41, 5.74) is 1.46. The number of carbonyl (C=O) groups is 2. The van der Waals surface area contributed by atoms with Crippen molar-refractivity contribution >= 4 is 23.2 Å². The fourth-order valence-electron chi connectivity index (χ4n) is 4.59. The van der Waals surface area contributed by atoms with Crippen molar-refractivity contribution in [3.63, 3.8) is 0 Å². The lowest BCUT2D eigenvalue weighted by Gasteiger charge is -2.37. The number of ether oxygens (including phenoxy) is 3. The highest BCUT2D eigenvalue weighted by Crippen LogP contribution is 2.35. The quantitative estimate of drug-likeness (QED) is 0.441. The molecule has 7 nitrogen and oxygen atoms in total. The van der Waals surface area contributed by atoms with E-state index in [1.807, 2.05) is 18.4 Å². The zero-order valence-electron chi connectivity index (χ0n) is 19.9. The standard InChI is InChI=1S/C27H27FN2O5S/c1-2-11-29(27(32)18-7-8-23-24(14-18)35-17-34-23)15-26(31)30-12-9-25-19(10-13-36-25)21(30)16-33-22-6-4-3-5-20(22)28/h3-8,10,13-14,21H,2,9,11-12,15-17H2,1H3. The summed E-state index contributed by atoms with van der Waals surface area (Å²) in [6, 6.07) is 12.9. The number of thiophene rings is 1. The molecule has 0 bridgehead atoms. The van der Waals surface area contributed by atoms with E-state index in [-0.39, 0.29) is 43.6 Å². The molecule has 1 atom stereocenters. The zero-order chi connectivity index (χ0) is 25.1. The van der Waals surface area contributed by atoms with Gasteiger partial charge in [0, 0.05) is 23.5 Å². The van der Waals surface area contributed by atoms with Crippen LogP contribution in [-0.4, -0.2) is 54.6 Å². The highest BCUT2D eigenvalue weighted by molar-refractivity contribution is 7.10. The van der Waals surface area contributed by atoms with E-state index in [4.69, 9.17) is 14.2 Å². The molecule has 0 saturated carbocycles. The van der Waals surface area contributed by atoms with Crippen molar-refractivity contribution in [1.29, 1.82) is 0 Å². The summed E-state index contributed by atoms with van der Waals surface area (Å²) in [5, 5.41) is 2.00. The maximum atomic E-state index is 14.2. The minimum Gasteiger partial charge on any atom is -0.488 e. The maximum absolute atomic E-state index is 14.2. The number of carbonyl (C=O) groups excluding carboxylic acids is 2. The lowest BCUT2D eigenvalue weighted by Crippen LogP contribution is -2.48. The number of halogens is 1. The van der Waals surface area contributed by atoms with Crippen molar-refractivity contribution in [2.45, 2.75) is 25.8 Å². The van der Waals surface area contributed by atoms with Crippen LogP contribution in [0, 0.1) is 5.82 Å². The number of rotatable bonds is 8. The van der Waals surface area contributed by atoms with E-state index in [2.05, 4.69) is 0 Å². The topological polar surface area (TPSA) is 68.3 Å². The lowest BCUT2D eigenvalue weighted by molar-refractivity contribution is -0.135. The predicted molar refractivity (Wildman–Crippen MR) is 133 cm³/mol. The molecule has 0 spiro atoms. The second kappa shape index (κ2) is 10.6. The van der Waals surface area contributed by atoms with Crippen molar-refractivity contribution in [3.8, 4) is 17.2 Å². The molecule has 0 saturated heterocycles. The van der Waals surface area contributed by atoms with Crippen LogP contribution in [0.25, 0.3) is 0 Å². The van der Waals surface area contributed by atoms with Crippen LogP contribution < -0.4 is 14.2 Å². The smallest absolute Gasteiger partial charge is 0.254 e. The number of benzene rings is 2. The molecule has 9 heteroatoms. The van der Waals surface area contributed by atoms with E-state index in [1.165, 1.54) is 10.9 Å². The van der Waals surface area contributed by atoms with E-state index in [9.17, 15) is 14.0 Å². The first-order valence-corrected chi connectivity index (χ1v) is 12.8. The third-order valence-electron chi connectivity index (χ3n) is 6.37. The van der Waals surface area contributed by atoms with Crippen LogP contribution in [0.2, 0.25) is 0 Å². The van der Waals surface area contributed by atoms with Crippen molar-refractivity contribution in [2.24, 2.45) is 0 Å². The summed E-state index contributed by atoms with van der Waals surface area (Å²) >= 11 is 1.65. The maximum Gasteiger partial charge on any atom is 0.254 e. The predicted octanol–water partition coefficient (Wildman–Crippen LogP) is 4.67. The van der Waals surface area contributed by atoms with Gasteiger partial charge in [-0.2, -0.15) is 0 Å². The molecule has 0 aliphatic carbocycles. The first-order chi connectivity index (χ1) is 17.5. The second-order valence-electron chi connectivity index (χ2n) is 8.69. The minimum atomic E-state index is -0.444. The van der Waals surface area contributed by atoms with E-state index in [1.54, 1.807) is 57.5 Å². The summed E-state index contributed by atoms with van der Waals surface area (Å²) in [6.07, 6.45) is 1.44. The third kappa shape index (κ3) is 4.88. The number of hydrogen-bond donors (Lipinski definition) is 0. The van der Waals surface area contributed by atoms with Gasteiger partial charge in [-0.15, -0.1) is 11.3 Å². The average molecular weight is 511 g/mol. The Morgan fingerprint density at radius 1 is 1.17 bits per heavy atom. The van der Waals surface area contributed by atoms with E-state index < -0.39 is 5.82 Å². The van der Waals surface area contributed by atoms with Gasteiger partial charge >= 0.3 is 0 Å². The molecule has 3 aromatic rings. The number of hydrogen-bond acceptors (Lipinski definition) is 6. The normalized spacial score (nSPS) is 15.9. The molecule has 1 unspecified atom stereocenters. The Balaban J connectivity index is 1.34. The van der Waals surface area contributed by atoms with Crippen LogP contribution in [0.3, 0.4) is 0 Å². The zero-order valence-corrected chi connectivity index (χ0v) is 20.8. The van der Waals surface area contributed by atoms with Gasteiger partial charge < -0.3 is 24.0 Å². The van der Waals surface area contributed by atoms with Gasteiger partial charge in [0.25, 0.3) is 5.91 Å². The Kier molecular flexibility index (Phi) is 7.09. The number of nitrogens with zero attached hydrogens (tertiary/aromatic N) is 2. The molecule has 2 aromatic carbocycles. The molecule has 188 valence electrons. The summed E-state index contributed by atoms with van der Waals surface area (Å²) in [5.74, 6) is 0.419. The molecule has 0 radical (unpaired) electrons. The Hall–Kier alpha value is -3.59. The fourth-order valence-corrected chi connectivity index (χ4v) is 5.52. The van der Waals surface area contributed by atoms with Crippen LogP contribution in [0.15, 0.2) is 53.9 Å². The van der Waals surface area contributed by atoms with Crippen LogP contribution in [0.4, 0.5) is 4.39 Å². The van der Waals surface area contributed by atoms with Crippen molar-refractivity contribution in [1.82, 2.24) is 9.80 Å². The number of para-hydroxylation sites is 1. The van der Waals surface area contributed by atoms with E-state index >= 15 is 0 Å². The van der Waals surface area contributed by atoms with Crippen LogP contribution in [0.5, 0.6) is 17.2 Å². The molecule has 2 aliphatic rings. The molecule has 3 heterocycles. The van der Waals surface area contributed by atoms with E-state index in [0.717, 1.165) is 12.0 Å². The lowest BCUT2D eigenvalue weighted by atomic mass is 10.0. The van der Waals surface area contributed by atoms with Gasteiger partial charge in [0.05, 0.1) is 6.04 Å². The summed E-state index contributed by atoms with van der Waals surface area (Å²) in [7, 11) is 0. The summed E-state index contributed by atoms with van der Waals surface area (Å²) in [4.78, 5) is 31.4. The Labute approximate surface area is 213 Å². The molecule has 0 N–H and O–H groups in total. The molecule has 2 amide bonds. The van der Waals surface area contributed by atoms with E-state index in [0.29, 0.717) is 36.6 Å². The monoisotopic (exact) mass is 510 g/mol. The van der Waals surface area contributed by atoms with Crippen molar-refractivity contribution in [3.05, 3.63) is 75.7 Å². The van der Waals surface area contributed by atoms with Gasteiger partial charge in [-0.25, -0.2) is 4.39 Å². The fraction of sp³-hybridized carbons (Fsp3) is 0.333. The minimum absolute atomic E-state index is 0.0587. The van der Waals surface area contributed by atoms with Crippen LogP contribution in [-0.2, 0) is 11.2 Å². The van der Waals surface area contributed by atoms with Gasteiger partial charge in [-0.1, -0.05) is 19.1 Å². The molecule has 1 aromatic heterocycles. The van der Waals surface area contributed by atoms with Crippen LogP contribution >= 0.6 is 11.3 Å². The highest BCUT2D eigenvalue weighted by Gasteiger charge is 2.34. The Morgan fingerprint density at radius 3 is 2.83 bits per heavy atom. The molecule has 0 fully saturated rings. The molecule has 5 rings (SSSR count). The average Bonchev–Trinajstić information content (AvgIpc) is 3.56. The van der Waals surface area contributed by atoms with Crippen LogP contribution in [0.1, 0.15) is 40.2 Å². The Morgan fingerprint density at radius 2 is 2.00 bits per heavy atom. The first kappa shape index (κ1) is 24.1. The SMILES string of the molecule is CCCN(CC(=O)N1CCc2sccc2C1COc1ccccc1F)C(=O)c1ccc2c(c1)OCO2. The van der Waals surface area contributed by atoms with Gasteiger partial charge in [-0.05, 0) is 60.2 Å². The highest BCUT2D eigenvalue weighted by atomic mass is 32.1. The molecular weight excluding hydrogens is 483 g/mol. The summed E-state index contributed by atoms with van der Waals surface area (Å²) < 4.78 is 30.7. The molecule has 36 heavy (non-hydrogen) atoms. The number of fused-ring (bicyclic) bond motifs is 2. The second-order valence-corrected chi connectivity index (χ2v) is 9.69. The van der Waals surface area contributed by atoms with Gasteiger partial charge in [0.15, 0.2) is 23.1 Å². The molecule has 2 aliphatic heterocycles. The first-order valence-electron chi connectivity index (χ1n) is 12.0.